The zero-order valence-corrected chi connectivity index (χ0v) is 15.8. The Labute approximate surface area is 161 Å². The average Bonchev–Trinajstić information content (AvgIpc) is 2.78. The number of halogens is 3. The number of hydrogen-bond donors (Lipinski definition) is 0. The van der Waals surface area contributed by atoms with Gasteiger partial charge in [-0.15, -0.1) is 0 Å². The molecule has 6 heteroatoms. The first-order chi connectivity index (χ1) is 12.2. The van der Waals surface area contributed by atoms with Crippen molar-refractivity contribution in [2.75, 3.05) is 0 Å². The van der Waals surface area contributed by atoms with Crippen LogP contribution in [0.1, 0.15) is 35.4 Å². The minimum absolute atomic E-state index is 0. The second-order valence-corrected chi connectivity index (χ2v) is 6.48. The fourth-order valence-electron chi connectivity index (χ4n) is 3.69. The third kappa shape index (κ3) is 3.18. The van der Waals surface area contributed by atoms with Crippen molar-refractivity contribution in [1.29, 1.82) is 0 Å². The lowest BCUT2D eigenvalue weighted by Gasteiger charge is -2.03. The third-order valence-corrected chi connectivity index (χ3v) is 4.91. The van der Waals surface area contributed by atoms with Gasteiger partial charge in [-0.1, -0.05) is 30.3 Å². The SMILES string of the molecule is O=C(Cn1c2[n+](c3c(F)c(F)ccc31)CCCCC2)c1ccccc1.[Br-]. The van der Waals surface area contributed by atoms with Crippen molar-refractivity contribution in [3.8, 4) is 0 Å². The molecule has 0 N–H and O–H groups in total. The van der Waals surface area contributed by atoms with E-state index < -0.39 is 11.6 Å². The van der Waals surface area contributed by atoms with E-state index in [0.29, 0.717) is 17.6 Å². The number of imidazole rings is 1. The summed E-state index contributed by atoms with van der Waals surface area (Å²) in [6.45, 7) is 0.784. The Morgan fingerprint density at radius 3 is 2.58 bits per heavy atom. The predicted octanol–water partition coefficient (Wildman–Crippen LogP) is 0.820. The lowest BCUT2D eigenvalue weighted by atomic mass is 10.1. The van der Waals surface area contributed by atoms with E-state index >= 15 is 0 Å². The summed E-state index contributed by atoms with van der Waals surface area (Å²) in [6, 6.07) is 11.8. The Hall–Kier alpha value is -2.08. The van der Waals surface area contributed by atoms with Crippen LogP contribution in [0.2, 0.25) is 0 Å². The van der Waals surface area contributed by atoms with Gasteiger partial charge in [-0.3, -0.25) is 4.79 Å². The highest BCUT2D eigenvalue weighted by molar-refractivity contribution is 5.96. The maximum Gasteiger partial charge on any atom is 0.257 e. The molecule has 2 heterocycles. The smallest absolute Gasteiger partial charge is 0.257 e. The lowest BCUT2D eigenvalue weighted by molar-refractivity contribution is -0.679. The van der Waals surface area contributed by atoms with Crippen LogP contribution in [-0.4, -0.2) is 10.4 Å². The Morgan fingerprint density at radius 1 is 1.04 bits per heavy atom. The Kier molecular flexibility index (Phi) is 5.51. The number of benzene rings is 2. The first-order valence-corrected chi connectivity index (χ1v) is 8.64. The number of aryl methyl sites for hydroxylation is 1. The van der Waals surface area contributed by atoms with E-state index in [1.54, 1.807) is 18.2 Å². The summed E-state index contributed by atoms with van der Waals surface area (Å²) in [4.78, 5) is 12.7. The van der Waals surface area contributed by atoms with E-state index in [-0.39, 0.29) is 34.8 Å². The summed E-state index contributed by atoms with van der Waals surface area (Å²) in [6.07, 6.45) is 3.73. The molecule has 3 nitrogen and oxygen atoms in total. The van der Waals surface area contributed by atoms with Crippen molar-refractivity contribution in [2.24, 2.45) is 0 Å². The van der Waals surface area contributed by atoms with Crippen molar-refractivity contribution in [3.63, 3.8) is 0 Å². The van der Waals surface area contributed by atoms with Gasteiger partial charge in [0.25, 0.3) is 5.82 Å². The van der Waals surface area contributed by atoms with Crippen LogP contribution in [-0.2, 0) is 19.5 Å². The van der Waals surface area contributed by atoms with Crippen molar-refractivity contribution >= 4 is 16.8 Å². The number of fused-ring (bicyclic) bond motifs is 3. The highest BCUT2D eigenvalue weighted by Gasteiger charge is 2.31. The second kappa shape index (κ2) is 7.66. The normalized spacial score (nSPS) is 13.8. The average molecular weight is 421 g/mol. The molecular weight excluding hydrogens is 402 g/mol. The first-order valence-electron chi connectivity index (χ1n) is 8.64. The molecule has 0 saturated heterocycles. The number of carbonyl (C=O) groups is 1. The van der Waals surface area contributed by atoms with Crippen LogP contribution >= 0.6 is 0 Å². The number of ketones is 1. The molecule has 0 unspecified atom stereocenters. The van der Waals surface area contributed by atoms with Crippen LogP contribution in [0.4, 0.5) is 8.78 Å². The van der Waals surface area contributed by atoms with Gasteiger partial charge in [0.15, 0.2) is 17.9 Å². The number of carbonyl (C=O) groups excluding carboxylic acids is 1. The molecule has 1 aromatic heterocycles. The van der Waals surface area contributed by atoms with E-state index in [0.717, 1.165) is 37.6 Å². The van der Waals surface area contributed by atoms with E-state index in [2.05, 4.69) is 0 Å². The quantitative estimate of drug-likeness (QED) is 0.455. The highest BCUT2D eigenvalue weighted by atomic mass is 79.9. The predicted molar refractivity (Wildman–Crippen MR) is 90.4 cm³/mol. The Balaban J connectivity index is 0.00000196. The van der Waals surface area contributed by atoms with Gasteiger partial charge in [-0.05, 0) is 31.4 Å². The number of aromatic nitrogens is 2. The summed E-state index contributed by atoms with van der Waals surface area (Å²) >= 11 is 0. The maximum atomic E-state index is 14.5. The number of hydrogen-bond acceptors (Lipinski definition) is 1. The molecule has 4 rings (SSSR count). The van der Waals surface area contributed by atoms with Crippen molar-refractivity contribution in [1.82, 2.24) is 4.57 Å². The molecule has 1 aliphatic heterocycles. The van der Waals surface area contributed by atoms with Gasteiger partial charge in [0.1, 0.15) is 0 Å². The van der Waals surface area contributed by atoms with E-state index in [1.165, 1.54) is 0 Å². The monoisotopic (exact) mass is 420 g/mol. The fraction of sp³-hybridized carbons (Fsp3) is 0.300. The molecule has 0 amide bonds. The van der Waals surface area contributed by atoms with Gasteiger partial charge < -0.3 is 17.0 Å². The number of nitrogens with zero attached hydrogens (tertiary/aromatic N) is 2. The molecule has 0 bridgehead atoms. The van der Waals surface area contributed by atoms with Crippen LogP contribution in [0.15, 0.2) is 42.5 Å². The summed E-state index contributed by atoms with van der Waals surface area (Å²) in [5, 5.41) is 0. The summed E-state index contributed by atoms with van der Waals surface area (Å²) in [5.74, 6) is -0.804. The highest BCUT2D eigenvalue weighted by Crippen LogP contribution is 2.24. The fourth-order valence-corrected chi connectivity index (χ4v) is 3.69. The Morgan fingerprint density at radius 2 is 1.81 bits per heavy atom. The summed E-state index contributed by atoms with van der Waals surface area (Å²) in [5.41, 5.74) is 1.48. The second-order valence-electron chi connectivity index (χ2n) is 6.48. The molecule has 0 fully saturated rings. The van der Waals surface area contributed by atoms with E-state index in [4.69, 9.17) is 0 Å². The molecule has 0 radical (unpaired) electrons. The van der Waals surface area contributed by atoms with E-state index in [9.17, 15) is 13.6 Å². The molecule has 1 aliphatic rings. The maximum absolute atomic E-state index is 14.5. The van der Waals surface area contributed by atoms with E-state index in [1.807, 2.05) is 27.3 Å². The van der Waals surface area contributed by atoms with Crippen LogP contribution in [0.5, 0.6) is 0 Å². The van der Waals surface area contributed by atoms with Gasteiger partial charge in [0.2, 0.25) is 17.1 Å². The van der Waals surface area contributed by atoms with Crippen molar-refractivity contribution in [3.05, 3.63) is 65.5 Å². The van der Waals surface area contributed by atoms with Gasteiger partial charge in [-0.25, -0.2) is 13.5 Å². The minimum Gasteiger partial charge on any atom is -1.00 e. The zero-order valence-electron chi connectivity index (χ0n) is 14.2. The third-order valence-electron chi connectivity index (χ3n) is 4.91. The minimum atomic E-state index is -0.849. The molecule has 26 heavy (non-hydrogen) atoms. The van der Waals surface area contributed by atoms with Crippen molar-refractivity contribution in [2.45, 2.75) is 38.8 Å². The van der Waals surface area contributed by atoms with Gasteiger partial charge in [0, 0.05) is 12.0 Å². The van der Waals surface area contributed by atoms with Gasteiger partial charge in [-0.2, -0.15) is 4.39 Å². The van der Waals surface area contributed by atoms with Crippen LogP contribution < -0.4 is 21.5 Å². The zero-order chi connectivity index (χ0) is 17.4. The molecular formula is C20H19BrF2N2O. The molecule has 0 saturated carbocycles. The number of Topliss-reactive ketones (excluding diaryl/α,β-unsaturated/α-hetero) is 1. The van der Waals surface area contributed by atoms with Crippen LogP contribution in [0, 0.1) is 11.6 Å². The molecule has 0 atom stereocenters. The molecule has 0 spiro atoms. The lowest BCUT2D eigenvalue weighted by Crippen LogP contribution is -3.00. The van der Waals surface area contributed by atoms with Gasteiger partial charge >= 0.3 is 0 Å². The van der Waals surface area contributed by atoms with Crippen molar-refractivity contribution < 1.29 is 35.1 Å². The molecule has 3 aromatic rings. The van der Waals surface area contributed by atoms with Gasteiger partial charge in [0.05, 0.1) is 6.54 Å². The summed E-state index contributed by atoms with van der Waals surface area (Å²) < 4.78 is 32.0. The molecule has 136 valence electrons. The van der Waals surface area contributed by atoms with Crippen LogP contribution in [0.3, 0.4) is 0 Å². The molecule has 0 aliphatic carbocycles. The molecule has 2 aromatic carbocycles. The number of rotatable bonds is 3. The Bertz CT molecular complexity index is 954. The standard InChI is InChI=1S/C20H19F2N2O.BrH/c21-15-10-11-16-20(19(15)22)23-12-6-2-5-9-18(23)24(16)13-17(25)14-7-3-1-4-8-14;/h1,3-4,7-8,10-11H,2,5-6,9,12-13H2;1H/q+1;/p-1. The topological polar surface area (TPSA) is 25.9 Å². The first kappa shape index (κ1) is 18.7. The van der Waals surface area contributed by atoms with Crippen LogP contribution in [0.25, 0.3) is 11.0 Å². The summed E-state index contributed by atoms with van der Waals surface area (Å²) in [7, 11) is 0. The largest absolute Gasteiger partial charge is 1.00 e.